The number of hydrogen-bond acceptors (Lipinski definition) is 7. The highest BCUT2D eigenvalue weighted by molar-refractivity contribution is 5.75. The van der Waals surface area contributed by atoms with E-state index >= 15 is 0 Å². The summed E-state index contributed by atoms with van der Waals surface area (Å²) in [6, 6.07) is 0. The molecule has 142 valence electrons. The summed E-state index contributed by atoms with van der Waals surface area (Å²) in [7, 11) is 0. The zero-order valence-corrected chi connectivity index (χ0v) is 14.3. The number of ether oxygens (including phenoxy) is 2. The van der Waals surface area contributed by atoms with Crippen LogP contribution in [0.4, 0.5) is 0 Å². The fraction of sp³-hybridized carbons (Fsp3) is 0.938. The number of nitrogens with one attached hydrogen (secondary N) is 1. The van der Waals surface area contributed by atoms with Gasteiger partial charge in [0.15, 0.2) is 0 Å². The first-order valence-corrected chi connectivity index (χ1v) is 8.66. The van der Waals surface area contributed by atoms with E-state index in [1.54, 1.807) is 0 Å². The topological polar surface area (TPSA) is 128 Å². The predicted molar refractivity (Wildman–Crippen MR) is 86.4 cm³/mol. The monoisotopic (exact) mass is 349 g/mol. The molecule has 8 nitrogen and oxygen atoms in total. The van der Waals surface area contributed by atoms with Gasteiger partial charge in [0.1, 0.15) is 30.5 Å². The van der Waals surface area contributed by atoms with Gasteiger partial charge in [-0.05, 0) is 6.42 Å². The molecule has 1 aliphatic heterocycles. The Kier molecular flexibility index (Phi) is 10.4. The molecule has 0 bridgehead atoms. The van der Waals surface area contributed by atoms with Gasteiger partial charge in [-0.25, -0.2) is 0 Å². The lowest BCUT2D eigenvalue weighted by Gasteiger charge is -2.25. The molecule has 0 saturated carbocycles. The molecule has 0 aromatic rings. The molecule has 5 N–H and O–H groups in total. The standard InChI is InChI=1S/C16H31NO7/c1-2-3-4-5-6-13(19)17-7-8-23-12-10-24-11(9-18)14(20)16(22)15(12)21/h11-12,14-16,18,20-22H,2-10H2,1H3,(H,17,19)/t11-,12+,14-,15-,16+/m1/s1. The fourth-order valence-electron chi connectivity index (χ4n) is 2.57. The van der Waals surface area contributed by atoms with E-state index in [2.05, 4.69) is 12.2 Å². The van der Waals surface area contributed by atoms with Crippen molar-refractivity contribution < 1.29 is 34.7 Å². The number of unbranched alkanes of at least 4 members (excludes halogenated alkanes) is 3. The highest BCUT2D eigenvalue weighted by Gasteiger charge is 2.40. The third-order valence-corrected chi connectivity index (χ3v) is 4.13. The minimum absolute atomic E-state index is 0.0387. The summed E-state index contributed by atoms with van der Waals surface area (Å²) >= 11 is 0. The van der Waals surface area contributed by atoms with Crippen LogP contribution in [0.1, 0.15) is 39.0 Å². The van der Waals surface area contributed by atoms with Crippen LogP contribution in [-0.2, 0) is 14.3 Å². The molecule has 5 atom stereocenters. The Labute approximate surface area is 142 Å². The van der Waals surface area contributed by atoms with Crippen molar-refractivity contribution in [2.45, 2.75) is 69.5 Å². The molecule has 0 aliphatic carbocycles. The number of hydrogen-bond donors (Lipinski definition) is 5. The normalized spacial score (nSPS) is 30.8. The summed E-state index contributed by atoms with van der Waals surface area (Å²) in [4.78, 5) is 11.6. The maximum atomic E-state index is 11.6. The van der Waals surface area contributed by atoms with Crippen molar-refractivity contribution in [3.05, 3.63) is 0 Å². The van der Waals surface area contributed by atoms with Gasteiger partial charge in [0, 0.05) is 13.0 Å². The summed E-state index contributed by atoms with van der Waals surface area (Å²) in [5, 5.41) is 41.4. The Hall–Kier alpha value is -0.770. The van der Waals surface area contributed by atoms with Crippen molar-refractivity contribution in [3.63, 3.8) is 0 Å². The Morgan fingerprint density at radius 1 is 1.17 bits per heavy atom. The van der Waals surface area contributed by atoms with Crippen molar-refractivity contribution in [3.8, 4) is 0 Å². The molecule has 0 aromatic carbocycles. The number of aliphatic hydroxyl groups excluding tert-OH is 4. The quantitative estimate of drug-likeness (QED) is 0.318. The molecule has 1 saturated heterocycles. The largest absolute Gasteiger partial charge is 0.394 e. The molecule has 1 heterocycles. The van der Waals surface area contributed by atoms with E-state index in [0.29, 0.717) is 6.42 Å². The first-order chi connectivity index (χ1) is 11.5. The summed E-state index contributed by atoms with van der Waals surface area (Å²) in [6.45, 7) is 2.02. The van der Waals surface area contributed by atoms with Gasteiger partial charge in [-0.1, -0.05) is 26.2 Å². The number of carbonyl (C=O) groups excluding carboxylic acids is 1. The van der Waals surface area contributed by atoms with Gasteiger partial charge in [0.25, 0.3) is 0 Å². The zero-order chi connectivity index (χ0) is 17.9. The molecule has 1 aliphatic rings. The van der Waals surface area contributed by atoms with Gasteiger partial charge in [-0.15, -0.1) is 0 Å². The summed E-state index contributed by atoms with van der Waals surface area (Å²) in [5.41, 5.74) is 0. The van der Waals surface area contributed by atoms with E-state index in [-0.39, 0.29) is 25.7 Å². The van der Waals surface area contributed by atoms with Crippen LogP contribution < -0.4 is 5.32 Å². The SMILES string of the molecule is CCCCCCC(=O)NCCO[C@H]1CO[C@H](CO)[C@@H](O)[C@H](O)[C@@H]1O. The molecule has 0 spiro atoms. The highest BCUT2D eigenvalue weighted by Crippen LogP contribution is 2.18. The second kappa shape index (κ2) is 11.7. The van der Waals surface area contributed by atoms with Crippen LogP contribution in [-0.4, -0.2) is 83.2 Å². The lowest BCUT2D eigenvalue weighted by Crippen LogP contribution is -2.47. The lowest BCUT2D eigenvalue weighted by atomic mass is 10.0. The molecule has 0 unspecified atom stereocenters. The van der Waals surface area contributed by atoms with Crippen LogP contribution >= 0.6 is 0 Å². The van der Waals surface area contributed by atoms with Crippen molar-refractivity contribution in [2.75, 3.05) is 26.4 Å². The molecular weight excluding hydrogens is 318 g/mol. The molecule has 0 aromatic heterocycles. The number of carbonyl (C=O) groups is 1. The van der Waals surface area contributed by atoms with Gasteiger partial charge < -0.3 is 35.2 Å². The van der Waals surface area contributed by atoms with Gasteiger partial charge >= 0.3 is 0 Å². The summed E-state index contributed by atoms with van der Waals surface area (Å²) < 4.78 is 10.7. The van der Waals surface area contributed by atoms with Crippen LogP contribution in [0.3, 0.4) is 0 Å². The fourth-order valence-corrected chi connectivity index (χ4v) is 2.57. The smallest absolute Gasteiger partial charge is 0.220 e. The Balaban J connectivity index is 2.25. The third-order valence-electron chi connectivity index (χ3n) is 4.13. The Bertz CT molecular complexity index is 355. The van der Waals surface area contributed by atoms with Crippen molar-refractivity contribution in [1.29, 1.82) is 0 Å². The second-order valence-corrected chi connectivity index (χ2v) is 6.10. The van der Waals surface area contributed by atoms with Gasteiger partial charge in [0.2, 0.25) is 5.91 Å². The summed E-state index contributed by atoms with van der Waals surface area (Å²) in [5.74, 6) is -0.0387. The molecule has 1 amide bonds. The molecular formula is C16H31NO7. The van der Waals surface area contributed by atoms with Crippen molar-refractivity contribution in [1.82, 2.24) is 5.32 Å². The van der Waals surface area contributed by atoms with Gasteiger partial charge in [0.05, 0.1) is 19.8 Å². The third kappa shape index (κ3) is 7.00. The summed E-state index contributed by atoms with van der Waals surface area (Å²) in [6.07, 6.45) is -1.36. The number of rotatable bonds is 10. The molecule has 24 heavy (non-hydrogen) atoms. The van der Waals surface area contributed by atoms with Gasteiger partial charge in [-0.3, -0.25) is 4.79 Å². The molecule has 1 fully saturated rings. The Morgan fingerprint density at radius 2 is 1.92 bits per heavy atom. The zero-order valence-electron chi connectivity index (χ0n) is 14.3. The van der Waals surface area contributed by atoms with E-state index in [1.807, 2.05) is 0 Å². The van der Waals surface area contributed by atoms with Crippen LogP contribution in [0.25, 0.3) is 0 Å². The second-order valence-electron chi connectivity index (χ2n) is 6.10. The van der Waals surface area contributed by atoms with Crippen LogP contribution in [0.15, 0.2) is 0 Å². The van der Waals surface area contributed by atoms with Crippen molar-refractivity contribution in [2.24, 2.45) is 0 Å². The average molecular weight is 349 g/mol. The predicted octanol–water partition coefficient (Wildman–Crippen LogP) is -1.07. The molecule has 1 rings (SSSR count). The van der Waals surface area contributed by atoms with E-state index < -0.39 is 37.1 Å². The molecule has 8 heteroatoms. The maximum Gasteiger partial charge on any atom is 0.220 e. The maximum absolute atomic E-state index is 11.6. The van der Waals surface area contributed by atoms with Crippen molar-refractivity contribution >= 4 is 5.91 Å². The number of amides is 1. The van der Waals surface area contributed by atoms with Crippen LogP contribution in [0, 0.1) is 0 Å². The van der Waals surface area contributed by atoms with Crippen LogP contribution in [0.5, 0.6) is 0 Å². The van der Waals surface area contributed by atoms with E-state index in [4.69, 9.17) is 14.6 Å². The van der Waals surface area contributed by atoms with Gasteiger partial charge in [-0.2, -0.15) is 0 Å². The Morgan fingerprint density at radius 3 is 2.58 bits per heavy atom. The average Bonchev–Trinajstić information content (AvgIpc) is 2.68. The first kappa shape index (κ1) is 21.3. The minimum Gasteiger partial charge on any atom is -0.394 e. The van der Waals surface area contributed by atoms with E-state index in [0.717, 1.165) is 25.7 Å². The van der Waals surface area contributed by atoms with E-state index in [9.17, 15) is 20.1 Å². The minimum atomic E-state index is -1.47. The molecule has 0 radical (unpaired) electrons. The van der Waals surface area contributed by atoms with Crippen LogP contribution in [0.2, 0.25) is 0 Å². The van der Waals surface area contributed by atoms with E-state index in [1.165, 1.54) is 0 Å². The highest BCUT2D eigenvalue weighted by atomic mass is 16.6. The lowest BCUT2D eigenvalue weighted by molar-refractivity contribution is -0.123. The number of aliphatic hydroxyl groups is 4. The first-order valence-electron chi connectivity index (χ1n) is 8.66.